The van der Waals surface area contributed by atoms with E-state index in [0.29, 0.717) is 23.5 Å². The summed E-state index contributed by atoms with van der Waals surface area (Å²) in [6.45, 7) is 3.84. The second-order valence-electron chi connectivity index (χ2n) is 7.95. The van der Waals surface area contributed by atoms with Crippen molar-refractivity contribution in [2.75, 3.05) is 18.4 Å². The summed E-state index contributed by atoms with van der Waals surface area (Å²) in [5.41, 5.74) is 1.44. The zero-order chi connectivity index (χ0) is 18.6. The van der Waals surface area contributed by atoms with Crippen LogP contribution < -0.4 is 5.32 Å². The van der Waals surface area contributed by atoms with Gasteiger partial charge in [0.15, 0.2) is 5.82 Å². The van der Waals surface area contributed by atoms with E-state index in [9.17, 15) is 4.79 Å². The second-order valence-corrected chi connectivity index (χ2v) is 7.95. The lowest BCUT2D eigenvalue weighted by Crippen LogP contribution is -2.39. The summed E-state index contributed by atoms with van der Waals surface area (Å²) in [5, 5.41) is 3.54. The lowest BCUT2D eigenvalue weighted by Gasteiger charge is -2.30. The molecular formula is C22H28N4O. The van der Waals surface area contributed by atoms with Crippen molar-refractivity contribution in [2.24, 2.45) is 5.92 Å². The van der Waals surface area contributed by atoms with Gasteiger partial charge in [-0.25, -0.2) is 9.97 Å². The highest BCUT2D eigenvalue weighted by molar-refractivity contribution is 5.93. The Balaban J connectivity index is 1.65. The quantitative estimate of drug-likeness (QED) is 0.875. The highest BCUT2D eigenvalue weighted by Crippen LogP contribution is 2.25. The molecule has 1 aromatic heterocycles. The molecule has 1 atom stereocenters. The molecule has 2 heterocycles. The SMILES string of the molecule is CC1CCCN(C(=O)c2cc(NC3CCCC3)nc(-c3ccccc3)n2)C1. The van der Waals surface area contributed by atoms with Gasteiger partial charge in [0.2, 0.25) is 0 Å². The van der Waals surface area contributed by atoms with Gasteiger partial charge in [0.05, 0.1) is 0 Å². The van der Waals surface area contributed by atoms with Crippen LogP contribution in [0.1, 0.15) is 55.9 Å². The molecule has 2 fully saturated rings. The molecule has 5 nitrogen and oxygen atoms in total. The van der Waals surface area contributed by atoms with Gasteiger partial charge in [-0.15, -0.1) is 0 Å². The molecule has 1 amide bonds. The van der Waals surface area contributed by atoms with Gasteiger partial charge in [0, 0.05) is 30.8 Å². The number of nitrogens with one attached hydrogen (secondary N) is 1. The van der Waals surface area contributed by atoms with E-state index in [1.54, 1.807) is 0 Å². The first-order valence-corrected chi connectivity index (χ1v) is 10.2. The zero-order valence-electron chi connectivity index (χ0n) is 16.0. The number of carbonyl (C=O) groups excluding carboxylic acids is 1. The molecule has 1 aromatic carbocycles. The van der Waals surface area contributed by atoms with Crippen molar-refractivity contribution >= 4 is 11.7 Å². The Morgan fingerprint density at radius 1 is 1.07 bits per heavy atom. The molecule has 1 aliphatic heterocycles. The average molecular weight is 364 g/mol. The van der Waals surface area contributed by atoms with E-state index >= 15 is 0 Å². The average Bonchev–Trinajstić information content (AvgIpc) is 3.21. The van der Waals surface area contributed by atoms with Crippen molar-refractivity contribution in [2.45, 2.75) is 51.5 Å². The molecule has 142 valence electrons. The number of aromatic nitrogens is 2. The van der Waals surface area contributed by atoms with Gasteiger partial charge in [-0.3, -0.25) is 4.79 Å². The van der Waals surface area contributed by atoms with Gasteiger partial charge in [0.25, 0.3) is 5.91 Å². The van der Waals surface area contributed by atoms with Crippen LogP contribution in [-0.2, 0) is 0 Å². The summed E-state index contributed by atoms with van der Waals surface area (Å²) in [4.78, 5) is 24.4. The number of amides is 1. The minimum Gasteiger partial charge on any atom is -0.367 e. The number of nitrogens with zero attached hydrogens (tertiary/aromatic N) is 3. The molecule has 1 saturated heterocycles. The maximum atomic E-state index is 13.1. The Labute approximate surface area is 161 Å². The van der Waals surface area contributed by atoms with Crippen LogP contribution in [0.2, 0.25) is 0 Å². The Kier molecular flexibility index (Phi) is 5.37. The van der Waals surface area contributed by atoms with Gasteiger partial charge in [0.1, 0.15) is 11.5 Å². The fraction of sp³-hybridized carbons (Fsp3) is 0.500. The first kappa shape index (κ1) is 18.0. The predicted octanol–water partition coefficient (Wildman–Crippen LogP) is 4.37. The Morgan fingerprint density at radius 3 is 2.59 bits per heavy atom. The van der Waals surface area contributed by atoms with Crippen LogP contribution in [0.5, 0.6) is 0 Å². The van der Waals surface area contributed by atoms with Gasteiger partial charge in [-0.2, -0.15) is 0 Å². The summed E-state index contributed by atoms with van der Waals surface area (Å²) < 4.78 is 0. The largest absolute Gasteiger partial charge is 0.367 e. The maximum Gasteiger partial charge on any atom is 0.272 e. The van der Waals surface area contributed by atoms with Crippen LogP contribution in [0.4, 0.5) is 5.82 Å². The second kappa shape index (κ2) is 8.07. The lowest BCUT2D eigenvalue weighted by molar-refractivity contribution is 0.0677. The van der Waals surface area contributed by atoms with Crippen molar-refractivity contribution in [1.82, 2.24) is 14.9 Å². The minimum atomic E-state index is 0.0237. The van der Waals surface area contributed by atoms with Crippen molar-refractivity contribution in [1.29, 1.82) is 0 Å². The molecule has 0 spiro atoms. The number of piperidine rings is 1. The number of carbonyl (C=O) groups is 1. The van der Waals surface area contributed by atoms with Crippen molar-refractivity contribution in [3.8, 4) is 11.4 Å². The monoisotopic (exact) mass is 364 g/mol. The molecule has 5 heteroatoms. The van der Waals surface area contributed by atoms with E-state index in [1.807, 2.05) is 41.3 Å². The number of benzene rings is 1. The third-order valence-electron chi connectivity index (χ3n) is 5.63. The normalized spacial score (nSPS) is 20.6. The molecule has 0 radical (unpaired) electrons. The molecule has 2 aliphatic rings. The number of hydrogen-bond acceptors (Lipinski definition) is 4. The van der Waals surface area contributed by atoms with Gasteiger partial charge in [-0.05, 0) is 31.6 Å². The fourth-order valence-corrected chi connectivity index (χ4v) is 4.16. The first-order valence-electron chi connectivity index (χ1n) is 10.2. The number of likely N-dealkylation sites (tertiary alicyclic amines) is 1. The fourth-order valence-electron chi connectivity index (χ4n) is 4.16. The molecule has 4 rings (SSSR count). The van der Waals surface area contributed by atoms with Crippen LogP contribution >= 0.6 is 0 Å². The Morgan fingerprint density at radius 2 is 1.85 bits per heavy atom. The molecule has 27 heavy (non-hydrogen) atoms. The third kappa shape index (κ3) is 4.29. The van der Waals surface area contributed by atoms with Gasteiger partial charge in [-0.1, -0.05) is 50.1 Å². The van der Waals surface area contributed by atoms with Crippen molar-refractivity contribution < 1.29 is 4.79 Å². The standard InChI is InChI=1S/C22H28N4O/c1-16-8-7-13-26(15-16)22(27)19-14-20(23-18-11-5-6-12-18)25-21(24-19)17-9-3-2-4-10-17/h2-4,9-10,14,16,18H,5-8,11-13,15H2,1H3,(H,23,24,25). The molecule has 1 N–H and O–H groups in total. The van der Waals surface area contributed by atoms with Crippen molar-refractivity contribution in [3.05, 3.63) is 42.1 Å². The summed E-state index contributed by atoms with van der Waals surface area (Å²) in [7, 11) is 0. The van der Waals surface area contributed by atoms with E-state index in [4.69, 9.17) is 4.98 Å². The van der Waals surface area contributed by atoms with E-state index < -0.39 is 0 Å². The Bertz CT molecular complexity index is 786. The van der Waals surface area contributed by atoms with Crippen LogP contribution in [0.15, 0.2) is 36.4 Å². The van der Waals surface area contributed by atoms with E-state index in [2.05, 4.69) is 17.2 Å². The third-order valence-corrected chi connectivity index (χ3v) is 5.63. The molecule has 1 saturated carbocycles. The van der Waals surface area contributed by atoms with Crippen molar-refractivity contribution in [3.63, 3.8) is 0 Å². The number of rotatable bonds is 4. The van der Waals surface area contributed by atoms with E-state index in [1.165, 1.54) is 19.3 Å². The smallest absolute Gasteiger partial charge is 0.272 e. The van der Waals surface area contributed by atoms with E-state index in [-0.39, 0.29) is 5.91 Å². The van der Waals surface area contributed by atoms with Crippen LogP contribution in [0, 0.1) is 5.92 Å². The molecule has 1 aliphatic carbocycles. The van der Waals surface area contributed by atoms with Crippen LogP contribution in [0.25, 0.3) is 11.4 Å². The minimum absolute atomic E-state index is 0.0237. The highest BCUT2D eigenvalue weighted by Gasteiger charge is 2.25. The summed E-state index contributed by atoms with van der Waals surface area (Å²) in [5.74, 6) is 1.96. The number of hydrogen-bond donors (Lipinski definition) is 1. The molecular weight excluding hydrogens is 336 g/mol. The summed E-state index contributed by atoms with van der Waals surface area (Å²) >= 11 is 0. The maximum absolute atomic E-state index is 13.1. The molecule has 0 bridgehead atoms. The highest BCUT2D eigenvalue weighted by atomic mass is 16.2. The Hall–Kier alpha value is -2.43. The zero-order valence-corrected chi connectivity index (χ0v) is 16.0. The lowest BCUT2D eigenvalue weighted by atomic mass is 10.00. The predicted molar refractivity (Wildman–Crippen MR) is 108 cm³/mol. The van der Waals surface area contributed by atoms with Crippen LogP contribution in [0.3, 0.4) is 0 Å². The van der Waals surface area contributed by atoms with Gasteiger partial charge < -0.3 is 10.2 Å². The van der Waals surface area contributed by atoms with Gasteiger partial charge >= 0.3 is 0 Å². The summed E-state index contributed by atoms with van der Waals surface area (Å²) in [6, 6.07) is 12.2. The number of anilines is 1. The topological polar surface area (TPSA) is 58.1 Å². The molecule has 2 aromatic rings. The van der Waals surface area contributed by atoms with E-state index in [0.717, 1.165) is 43.7 Å². The first-order chi connectivity index (χ1) is 13.2. The molecule has 1 unspecified atom stereocenters. The van der Waals surface area contributed by atoms with Crippen LogP contribution in [-0.4, -0.2) is 39.9 Å². The summed E-state index contributed by atoms with van der Waals surface area (Å²) in [6.07, 6.45) is 7.10.